The van der Waals surface area contributed by atoms with Crippen LogP contribution in [0.1, 0.15) is 39.0 Å². The highest BCUT2D eigenvalue weighted by molar-refractivity contribution is 5.89. The number of hydrogen-bond donors (Lipinski definition) is 2. The molecular formula is C16H20O9. The maximum absolute atomic E-state index is 11.9. The Labute approximate surface area is 143 Å². The molecule has 0 aliphatic carbocycles. The smallest absolute Gasteiger partial charge is 0.333 e. The molecule has 0 aromatic heterocycles. The lowest BCUT2D eigenvalue weighted by atomic mass is 9.74. The van der Waals surface area contributed by atoms with E-state index in [1.807, 2.05) is 0 Å². The molecule has 0 spiro atoms. The normalized spacial score (nSPS) is 20.0. The second-order valence-electron chi connectivity index (χ2n) is 5.92. The molecule has 1 aliphatic rings. The Morgan fingerprint density at radius 3 is 2.44 bits per heavy atom. The third-order valence-corrected chi connectivity index (χ3v) is 3.93. The van der Waals surface area contributed by atoms with Crippen LogP contribution < -0.4 is 0 Å². The Kier molecular flexibility index (Phi) is 6.84. The third-order valence-electron chi connectivity index (χ3n) is 3.93. The third kappa shape index (κ3) is 5.40. The molecule has 1 rings (SSSR count). The number of hydrogen-bond acceptors (Lipinski definition) is 7. The maximum atomic E-state index is 11.9. The molecule has 1 saturated heterocycles. The van der Waals surface area contributed by atoms with Crippen LogP contribution in [0, 0.1) is 5.41 Å². The van der Waals surface area contributed by atoms with Crippen molar-refractivity contribution >= 4 is 29.7 Å². The van der Waals surface area contributed by atoms with E-state index in [4.69, 9.17) is 14.6 Å². The van der Waals surface area contributed by atoms with Gasteiger partial charge in [0, 0.05) is 24.8 Å². The van der Waals surface area contributed by atoms with Crippen LogP contribution in [-0.2, 0) is 33.4 Å². The lowest BCUT2D eigenvalue weighted by Gasteiger charge is -2.34. The van der Waals surface area contributed by atoms with E-state index in [0.29, 0.717) is 0 Å². The first-order valence-electron chi connectivity index (χ1n) is 7.57. The number of carbonyl (C=O) groups excluding carboxylic acids is 3. The lowest BCUT2D eigenvalue weighted by Crippen LogP contribution is -2.47. The van der Waals surface area contributed by atoms with Crippen LogP contribution in [-0.4, -0.2) is 52.6 Å². The molecule has 2 unspecified atom stereocenters. The molecule has 0 saturated carbocycles. The predicted molar refractivity (Wildman–Crippen MR) is 81.4 cm³/mol. The van der Waals surface area contributed by atoms with Crippen LogP contribution in [0.4, 0.5) is 0 Å². The standard InChI is InChI=1S/C16H20O9/c1-9(2)14(21)24-6-5-16(15(22)23,8-12(18)19)11-7-10(17)3-4-13(20)25-11/h11H,1,3-8H2,2H3,(H,18,19)(H,22,23). The zero-order valence-corrected chi connectivity index (χ0v) is 13.8. The van der Waals surface area contributed by atoms with Gasteiger partial charge in [-0.25, -0.2) is 4.79 Å². The van der Waals surface area contributed by atoms with E-state index < -0.39 is 67.0 Å². The molecule has 2 atom stereocenters. The summed E-state index contributed by atoms with van der Waals surface area (Å²) >= 11 is 0. The summed E-state index contributed by atoms with van der Waals surface area (Å²) in [6.07, 6.45) is -3.46. The zero-order valence-electron chi connectivity index (χ0n) is 13.8. The van der Waals surface area contributed by atoms with Gasteiger partial charge in [0.05, 0.1) is 19.4 Å². The number of carbonyl (C=O) groups is 5. The van der Waals surface area contributed by atoms with Crippen LogP contribution in [0.3, 0.4) is 0 Å². The van der Waals surface area contributed by atoms with Crippen LogP contribution in [0.25, 0.3) is 0 Å². The van der Waals surface area contributed by atoms with E-state index in [0.717, 1.165) is 0 Å². The highest BCUT2D eigenvalue weighted by Gasteiger charge is 2.51. The summed E-state index contributed by atoms with van der Waals surface area (Å²) in [6, 6.07) is 0. The Hall–Kier alpha value is -2.71. The number of carboxylic acids is 2. The highest BCUT2D eigenvalue weighted by Crippen LogP contribution is 2.37. The van der Waals surface area contributed by atoms with E-state index in [1.54, 1.807) is 0 Å². The van der Waals surface area contributed by atoms with Crippen molar-refractivity contribution in [1.29, 1.82) is 0 Å². The quantitative estimate of drug-likeness (QED) is 0.474. The summed E-state index contributed by atoms with van der Waals surface area (Å²) < 4.78 is 9.90. The van der Waals surface area contributed by atoms with Crippen LogP contribution >= 0.6 is 0 Å². The predicted octanol–water partition coefficient (Wildman–Crippen LogP) is 0.706. The summed E-state index contributed by atoms with van der Waals surface area (Å²) in [6.45, 7) is 4.35. The number of esters is 2. The average molecular weight is 356 g/mol. The fraction of sp³-hybridized carbons (Fsp3) is 0.562. The van der Waals surface area contributed by atoms with Gasteiger partial charge in [0.1, 0.15) is 17.3 Å². The summed E-state index contributed by atoms with van der Waals surface area (Å²) in [5, 5.41) is 18.8. The van der Waals surface area contributed by atoms with Crippen LogP contribution in [0.15, 0.2) is 12.2 Å². The van der Waals surface area contributed by atoms with E-state index in [9.17, 15) is 29.1 Å². The van der Waals surface area contributed by atoms with E-state index in [1.165, 1.54) is 6.92 Å². The van der Waals surface area contributed by atoms with Crippen molar-refractivity contribution in [2.45, 2.75) is 45.1 Å². The molecule has 0 aromatic rings. The average Bonchev–Trinajstić information content (AvgIpc) is 2.66. The number of cyclic esters (lactones) is 1. The SMILES string of the molecule is C=C(C)C(=O)OCCC(CC(=O)O)(C(=O)O)C1CC(=O)CCC(=O)O1. The molecule has 0 amide bonds. The topological polar surface area (TPSA) is 144 Å². The fourth-order valence-electron chi connectivity index (χ4n) is 2.52. The lowest BCUT2D eigenvalue weighted by molar-refractivity contribution is -0.176. The van der Waals surface area contributed by atoms with Crippen LogP contribution in [0.5, 0.6) is 0 Å². The molecule has 138 valence electrons. The number of aliphatic carboxylic acids is 2. The molecule has 1 heterocycles. The minimum Gasteiger partial charge on any atom is -0.481 e. The van der Waals surface area contributed by atoms with Gasteiger partial charge in [0.15, 0.2) is 0 Å². The van der Waals surface area contributed by atoms with Gasteiger partial charge in [-0.15, -0.1) is 0 Å². The molecule has 0 aromatic carbocycles. The van der Waals surface area contributed by atoms with Crippen molar-refractivity contribution in [3.63, 3.8) is 0 Å². The molecule has 9 nitrogen and oxygen atoms in total. The molecule has 2 N–H and O–H groups in total. The van der Waals surface area contributed by atoms with Crippen molar-refractivity contribution < 1.29 is 43.7 Å². The summed E-state index contributed by atoms with van der Waals surface area (Å²) in [5.74, 6) is -4.92. The largest absolute Gasteiger partial charge is 0.481 e. The molecule has 9 heteroatoms. The van der Waals surface area contributed by atoms with E-state index in [2.05, 4.69) is 6.58 Å². The second kappa shape index (κ2) is 8.41. The Bertz CT molecular complexity index is 589. The molecular weight excluding hydrogens is 336 g/mol. The fourth-order valence-corrected chi connectivity index (χ4v) is 2.52. The minimum atomic E-state index is -2.09. The van der Waals surface area contributed by atoms with Gasteiger partial charge in [0.2, 0.25) is 0 Å². The number of ketones is 1. The summed E-state index contributed by atoms with van der Waals surface area (Å²) in [7, 11) is 0. The number of ether oxygens (including phenoxy) is 2. The van der Waals surface area contributed by atoms with Crippen molar-refractivity contribution in [2.75, 3.05) is 6.61 Å². The number of carboxylic acid groups (broad SMARTS) is 2. The molecule has 25 heavy (non-hydrogen) atoms. The number of Topliss-reactive ketones (excluding diaryl/α,β-unsaturated/α-hetero) is 1. The first-order chi connectivity index (χ1) is 11.6. The summed E-state index contributed by atoms with van der Waals surface area (Å²) in [4.78, 5) is 58.0. The highest BCUT2D eigenvalue weighted by atomic mass is 16.5. The van der Waals surface area contributed by atoms with Gasteiger partial charge in [-0.3, -0.25) is 19.2 Å². The van der Waals surface area contributed by atoms with E-state index >= 15 is 0 Å². The monoisotopic (exact) mass is 356 g/mol. The van der Waals surface area contributed by atoms with Gasteiger partial charge in [-0.1, -0.05) is 6.58 Å². The van der Waals surface area contributed by atoms with Crippen molar-refractivity contribution in [3.8, 4) is 0 Å². The van der Waals surface area contributed by atoms with Gasteiger partial charge in [0.25, 0.3) is 0 Å². The Balaban J connectivity index is 3.11. The van der Waals surface area contributed by atoms with Gasteiger partial charge in [-0.05, 0) is 6.92 Å². The summed E-state index contributed by atoms with van der Waals surface area (Å²) in [5.41, 5.74) is -1.99. The molecule has 1 aliphatic heterocycles. The van der Waals surface area contributed by atoms with Gasteiger partial charge < -0.3 is 19.7 Å². The van der Waals surface area contributed by atoms with Crippen molar-refractivity contribution in [1.82, 2.24) is 0 Å². The van der Waals surface area contributed by atoms with Crippen molar-refractivity contribution in [3.05, 3.63) is 12.2 Å². The van der Waals surface area contributed by atoms with Gasteiger partial charge in [-0.2, -0.15) is 0 Å². The molecule has 0 radical (unpaired) electrons. The number of rotatable bonds is 8. The van der Waals surface area contributed by atoms with Crippen molar-refractivity contribution in [2.24, 2.45) is 5.41 Å². The zero-order chi connectivity index (χ0) is 19.2. The first-order valence-corrected chi connectivity index (χ1v) is 7.57. The Morgan fingerprint density at radius 1 is 1.28 bits per heavy atom. The molecule has 1 fully saturated rings. The maximum Gasteiger partial charge on any atom is 0.333 e. The van der Waals surface area contributed by atoms with E-state index in [-0.39, 0.29) is 18.4 Å². The minimum absolute atomic E-state index is 0.0928. The molecule has 0 bridgehead atoms. The Morgan fingerprint density at radius 2 is 1.92 bits per heavy atom. The van der Waals surface area contributed by atoms with Gasteiger partial charge >= 0.3 is 23.9 Å². The second-order valence-corrected chi connectivity index (χ2v) is 5.92. The van der Waals surface area contributed by atoms with Crippen LogP contribution in [0.2, 0.25) is 0 Å². The first kappa shape index (κ1) is 20.3.